The van der Waals surface area contributed by atoms with Crippen molar-refractivity contribution in [3.63, 3.8) is 0 Å². The third-order valence-corrected chi connectivity index (χ3v) is 4.76. The molecule has 1 aromatic rings. The third-order valence-electron chi connectivity index (χ3n) is 3.54. The number of aryl methyl sites for hydroxylation is 2. The Balaban J connectivity index is 2.13. The first-order valence-electron chi connectivity index (χ1n) is 7.13. The molecule has 0 aromatic carbocycles. The highest BCUT2D eigenvalue weighted by molar-refractivity contribution is 7.14. The van der Waals surface area contributed by atoms with Gasteiger partial charge in [-0.1, -0.05) is 6.92 Å². The third kappa shape index (κ3) is 3.39. The Morgan fingerprint density at radius 1 is 1.35 bits per heavy atom. The maximum absolute atomic E-state index is 12.5. The molecule has 1 aliphatic carbocycles. The van der Waals surface area contributed by atoms with Crippen LogP contribution in [0.25, 0.3) is 0 Å². The maximum atomic E-state index is 12.5. The lowest BCUT2D eigenvalue weighted by Gasteiger charge is -2.19. The second kappa shape index (κ2) is 6.88. The highest BCUT2D eigenvalue weighted by Crippen LogP contribution is 2.30. The highest BCUT2D eigenvalue weighted by Gasteiger charge is 2.22. The van der Waals surface area contributed by atoms with Crippen molar-refractivity contribution in [1.82, 2.24) is 4.90 Å². The molecule has 110 valence electrons. The minimum atomic E-state index is -0.367. The Bertz CT molecular complexity index is 472. The number of hydrogen-bond donors (Lipinski definition) is 0. The van der Waals surface area contributed by atoms with Crippen molar-refractivity contribution in [2.24, 2.45) is 0 Å². The van der Waals surface area contributed by atoms with Crippen LogP contribution in [-0.4, -0.2) is 37.0 Å². The summed E-state index contributed by atoms with van der Waals surface area (Å²) in [6.45, 7) is 2.61. The molecule has 1 heterocycles. The summed E-state index contributed by atoms with van der Waals surface area (Å²) < 4.78 is 4.66. The van der Waals surface area contributed by atoms with Crippen LogP contribution in [0.15, 0.2) is 6.07 Å². The zero-order chi connectivity index (χ0) is 14.5. The van der Waals surface area contributed by atoms with Crippen molar-refractivity contribution in [3.05, 3.63) is 21.4 Å². The van der Waals surface area contributed by atoms with E-state index in [2.05, 4.69) is 4.74 Å². The van der Waals surface area contributed by atoms with Gasteiger partial charge in [0.05, 0.1) is 12.0 Å². The van der Waals surface area contributed by atoms with Crippen molar-refractivity contribution in [2.75, 3.05) is 20.2 Å². The summed E-state index contributed by atoms with van der Waals surface area (Å²) in [5.74, 6) is -0.412. The number of nitrogens with zero attached hydrogens (tertiary/aromatic N) is 1. The fourth-order valence-corrected chi connectivity index (χ4v) is 3.72. The molecular weight excluding hydrogens is 274 g/mol. The smallest absolute Gasteiger partial charge is 0.325 e. The molecule has 0 saturated heterocycles. The van der Waals surface area contributed by atoms with Crippen LogP contribution in [0.1, 0.15) is 46.3 Å². The first-order valence-corrected chi connectivity index (χ1v) is 7.95. The molecule has 1 aromatic heterocycles. The van der Waals surface area contributed by atoms with Gasteiger partial charge in [-0.25, -0.2) is 0 Å². The van der Waals surface area contributed by atoms with Crippen molar-refractivity contribution < 1.29 is 14.3 Å². The molecule has 0 aliphatic heterocycles. The van der Waals surface area contributed by atoms with E-state index in [-0.39, 0.29) is 18.4 Å². The predicted molar refractivity (Wildman–Crippen MR) is 79.2 cm³/mol. The number of ether oxygens (including phenoxy) is 1. The van der Waals surface area contributed by atoms with Gasteiger partial charge < -0.3 is 9.64 Å². The van der Waals surface area contributed by atoms with E-state index >= 15 is 0 Å². The Morgan fingerprint density at radius 2 is 2.10 bits per heavy atom. The van der Waals surface area contributed by atoms with Gasteiger partial charge in [0.15, 0.2) is 0 Å². The molecule has 2 rings (SSSR count). The molecule has 4 nitrogen and oxygen atoms in total. The van der Waals surface area contributed by atoms with E-state index in [1.54, 1.807) is 16.2 Å². The highest BCUT2D eigenvalue weighted by atomic mass is 32.1. The largest absolute Gasteiger partial charge is 0.468 e. The monoisotopic (exact) mass is 295 g/mol. The van der Waals surface area contributed by atoms with Crippen molar-refractivity contribution in [2.45, 2.75) is 39.0 Å². The van der Waals surface area contributed by atoms with Crippen LogP contribution in [0.4, 0.5) is 0 Å². The number of rotatable bonds is 5. The molecule has 0 unspecified atom stereocenters. The Labute approximate surface area is 123 Å². The van der Waals surface area contributed by atoms with Gasteiger partial charge in [-0.05, 0) is 43.7 Å². The lowest BCUT2D eigenvalue weighted by Crippen LogP contribution is -2.36. The molecule has 1 aliphatic rings. The van der Waals surface area contributed by atoms with Crippen LogP contribution >= 0.6 is 11.3 Å². The summed E-state index contributed by atoms with van der Waals surface area (Å²) in [4.78, 5) is 27.6. The molecular formula is C15H21NO3S. The summed E-state index contributed by atoms with van der Waals surface area (Å²) in [6.07, 6.45) is 5.40. The lowest BCUT2D eigenvalue weighted by atomic mass is 9.99. The summed E-state index contributed by atoms with van der Waals surface area (Å²) in [6, 6.07) is 2.02. The van der Waals surface area contributed by atoms with E-state index in [4.69, 9.17) is 0 Å². The molecule has 0 saturated carbocycles. The van der Waals surface area contributed by atoms with Gasteiger partial charge in [-0.2, -0.15) is 0 Å². The zero-order valence-electron chi connectivity index (χ0n) is 12.1. The summed E-state index contributed by atoms with van der Waals surface area (Å²) >= 11 is 1.59. The van der Waals surface area contributed by atoms with Gasteiger partial charge in [0.1, 0.15) is 6.54 Å². The summed E-state index contributed by atoms with van der Waals surface area (Å²) in [7, 11) is 1.35. The Morgan fingerprint density at radius 3 is 2.75 bits per heavy atom. The second-order valence-corrected chi connectivity index (χ2v) is 6.21. The number of carbonyl (C=O) groups is 2. The number of hydrogen-bond acceptors (Lipinski definition) is 4. The van der Waals surface area contributed by atoms with Crippen LogP contribution in [0.5, 0.6) is 0 Å². The SMILES string of the molecule is CCCN(CC(=O)OC)C(=O)c1cc2c(s1)CCCC2. The fraction of sp³-hybridized carbons (Fsp3) is 0.600. The van der Waals surface area contributed by atoms with Crippen LogP contribution in [0.3, 0.4) is 0 Å². The normalized spacial score (nSPS) is 13.7. The minimum absolute atomic E-state index is 0.0335. The van der Waals surface area contributed by atoms with Gasteiger partial charge in [0.2, 0.25) is 0 Å². The molecule has 0 spiro atoms. The number of amides is 1. The predicted octanol–water partition coefficient (Wildman–Crippen LogP) is 2.65. The molecule has 1 amide bonds. The average molecular weight is 295 g/mol. The standard InChI is InChI=1S/C15H21NO3S/c1-3-8-16(10-14(17)19-2)15(18)13-9-11-6-4-5-7-12(11)20-13/h9H,3-8,10H2,1-2H3. The molecule has 0 fully saturated rings. The average Bonchev–Trinajstić information content (AvgIpc) is 2.89. The van der Waals surface area contributed by atoms with Gasteiger partial charge in [0, 0.05) is 11.4 Å². The van der Waals surface area contributed by atoms with Gasteiger partial charge in [-0.15, -0.1) is 11.3 Å². The van der Waals surface area contributed by atoms with Crippen LogP contribution in [0.2, 0.25) is 0 Å². The van der Waals surface area contributed by atoms with Crippen LogP contribution in [-0.2, 0) is 22.4 Å². The first kappa shape index (κ1) is 15.0. The number of esters is 1. The number of methoxy groups -OCH3 is 1. The molecule has 5 heteroatoms. The lowest BCUT2D eigenvalue weighted by molar-refractivity contribution is -0.141. The number of thiophene rings is 1. The van der Waals surface area contributed by atoms with E-state index in [0.29, 0.717) is 6.54 Å². The Hall–Kier alpha value is -1.36. The molecule has 20 heavy (non-hydrogen) atoms. The van der Waals surface area contributed by atoms with Gasteiger partial charge in [0.25, 0.3) is 5.91 Å². The number of carbonyl (C=O) groups excluding carboxylic acids is 2. The molecule has 0 radical (unpaired) electrons. The Kier molecular flexibility index (Phi) is 5.17. The zero-order valence-corrected chi connectivity index (χ0v) is 12.9. The minimum Gasteiger partial charge on any atom is -0.468 e. The molecule has 0 bridgehead atoms. The van der Waals surface area contributed by atoms with Gasteiger partial charge >= 0.3 is 5.97 Å². The number of fused-ring (bicyclic) bond motifs is 1. The van der Waals surface area contributed by atoms with Crippen LogP contribution < -0.4 is 0 Å². The second-order valence-electron chi connectivity index (χ2n) is 5.07. The fourth-order valence-electron chi connectivity index (χ4n) is 2.49. The molecule has 0 N–H and O–H groups in total. The summed E-state index contributed by atoms with van der Waals surface area (Å²) in [5, 5.41) is 0. The first-order chi connectivity index (χ1) is 9.65. The maximum Gasteiger partial charge on any atom is 0.325 e. The van der Waals surface area contributed by atoms with E-state index in [1.807, 2.05) is 13.0 Å². The van der Waals surface area contributed by atoms with E-state index < -0.39 is 0 Å². The van der Waals surface area contributed by atoms with Crippen molar-refractivity contribution >= 4 is 23.2 Å². The summed E-state index contributed by atoms with van der Waals surface area (Å²) in [5.41, 5.74) is 1.32. The topological polar surface area (TPSA) is 46.6 Å². The van der Waals surface area contributed by atoms with Gasteiger partial charge in [-0.3, -0.25) is 9.59 Å². The van der Waals surface area contributed by atoms with E-state index in [1.165, 1.54) is 30.4 Å². The van der Waals surface area contributed by atoms with E-state index in [9.17, 15) is 9.59 Å². The van der Waals surface area contributed by atoms with E-state index in [0.717, 1.165) is 24.1 Å². The van der Waals surface area contributed by atoms with Crippen molar-refractivity contribution in [3.8, 4) is 0 Å². The quantitative estimate of drug-likeness (QED) is 0.785. The van der Waals surface area contributed by atoms with Crippen LogP contribution in [0, 0.1) is 0 Å². The van der Waals surface area contributed by atoms with Crippen molar-refractivity contribution in [1.29, 1.82) is 0 Å². The molecule has 0 atom stereocenters.